The van der Waals surface area contributed by atoms with Gasteiger partial charge in [0, 0.05) is 14.3 Å². The van der Waals surface area contributed by atoms with Gasteiger partial charge in [0.15, 0.2) is 0 Å². The van der Waals surface area contributed by atoms with Crippen LogP contribution in [0.4, 0.5) is 0 Å². The molecule has 1 heterocycles. The molecule has 0 fully saturated rings. The molecule has 1 aromatic carbocycles. The number of hydrogen-bond acceptors (Lipinski definition) is 1. The fourth-order valence-corrected chi connectivity index (χ4v) is 3.98. The molecule has 0 nitrogen and oxygen atoms in total. The van der Waals surface area contributed by atoms with E-state index >= 15 is 0 Å². The molecule has 4 heteroatoms. The fourth-order valence-electron chi connectivity index (χ4n) is 1.03. The maximum absolute atomic E-state index is 3.53. The van der Waals surface area contributed by atoms with E-state index in [0.717, 1.165) is 0 Å². The largest absolute Gasteiger partial charge is 0.128 e. The molecular weight excluding hydrogens is 415 g/mol. The third-order valence-electron chi connectivity index (χ3n) is 1.55. The number of benzene rings is 1. The maximum Gasteiger partial charge on any atom is 0.0666 e. The third kappa shape index (κ3) is 1.58. The predicted octanol–water partition coefficient (Wildman–Crippen LogP) is 5.03. The van der Waals surface area contributed by atoms with Gasteiger partial charge in [-0.05, 0) is 56.7 Å². The van der Waals surface area contributed by atoms with Crippen LogP contribution in [0.15, 0.2) is 27.1 Å². The van der Waals surface area contributed by atoms with Crippen molar-refractivity contribution in [3.63, 3.8) is 0 Å². The van der Waals surface area contributed by atoms with Crippen molar-refractivity contribution in [3.8, 4) is 0 Å². The molecule has 62 valence electrons. The van der Waals surface area contributed by atoms with Crippen LogP contribution in [-0.4, -0.2) is 0 Å². The molecule has 0 aliphatic heterocycles. The van der Waals surface area contributed by atoms with E-state index in [1.54, 1.807) is 11.3 Å². The number of hydrogen-bond donors (Lipinski definition) is 0. The Labute approximate surface area is 105 Å². The van der Waals surface area contributed by atoms with Crippen LogP contribution in [0.3, 0.4) is 0 Å². The van der Waals surface area contributed by atoms with E-state index < -0.39 is 0 Å². The quantitative estimate of drug-likeness (QED) is 0.527. The lowest BCUT2D eigenvalue weighted by Crippen LogP contribution is -1.67. The number of fused-ring (bicyclic) bond motifs is 1. The smallest absolute Gasteiger partial charge is 0.0666 e. The lowest BCUT2D eigenvalue weighted by Gasteiger charge is -1.94. The predicted molar refractivity (Wildman–Crippen MR) is 69.9 cm³/mol. The Morgan fingerprint density at radius 1 is 1.17 bits per heavy atom. The second kappa shape index (κ2) is 3.55. The van der Waals surface area contributed by atoms with Crippen LogP contribution in [0.25, 0.3) is 10.1 Å². The van der Waals surface area contributed by atoms with Gasteiger partial charge in [0.25, 0.3) is 0 Å². The molecule has 0 atom stereocenters. The van der Waals surface area contributed by atoms with E-state index in [-0.39, 0.29) is 0 Å². The zero-order valence-electron chi connectivity index (χ0n) is 5.77. The number of rotatable bonds is 0. The highest BCUT2D eigenvalue weighted by Gasteiger charge is 2.05. The van der Waals surface area contributed by atoms with Crippen molar-refractivity contribution in [1.82, 2.24) is 0 Å². The summed E-state index contributed by atoms with van der Waals surface area (Å²) in [4.78, 5) is 0. The summed E-state index contributed by atoms with van der Waals surface area (Å²) in [5.74, 6) is 0. The van der Waals surface area contributed by atoms with Crippen molar-refractivity contribution >= 4 is 75.9 Å². The molecule has 12 heavy (non-hydrogen) atoms. The van der Waals surface area contributed by atoms with E-state index in [4.69, 9.17) is 0 Å². The minimum Gasteiger partial charge on any atom is -0.128 e. The fraction of sp³-hybridized carbons (Fsp3) is 0. The first-order chi connectivity index (χ1) is 5.68. The second-order valence-electron chi connectivity index (χ2n) is 2.32. The number of thiophene rings is 1. The lowest BCUT2D eigenvalue weighted by atomic mass is 10.3. The van der Waals surface area contributed by atoms with Gasteiger partial charge in [0.05, 0.1) is 7.58 Å². The summed E-state index contributed by atoms with van der Waals surface area (Å²) in [5, 5.41) is 1.29. The normalized spacial score (nSPS) is 10.9. The minimum absolute atomic E-state index is 1.17. The maximum atomic E-state index is 3.53. The first kappa shape index (κ1) is 9.43. The van der Waals surface area contributed by atoms with Crippen LogP contribution < -0.4 is 0 Å². The first-order valence-electron chi connectivity index (χ1n) is 3.21. The molecule has 0 unspecified atom stereocenters. The van der Waals surface area contributed by atoms with Crippen LogP contribution in [0.1, 0.15) is 0 Å². The monoisotopic (exact) mass is 416 g/mol. The lowest BCUT2D eigenvalue weighted by molar-refractivity contribution is 1.74. The van der Waals surface area contributed by atoms with Gasteiger partial charge < -0.3 is 0 Å². The third-order valence-corrected chi connectivity index (χ3v) is 5.10. The van der Waals surface area contributed by atoms with Crippen LogP contribution in [0, 0.1) is 2.88 Å². The van der Waals surface area contributed by atoms with Crippen molar-refractivity contribution in [3.05, 3.63) is 30.0 Å². The van der Waals surface area contributed by atoms with Crippen LogP contribution in [0.2, 0.25) is 0 Å². The number of halogens is 3. The van der Waals surface area contributed by atoms with Gasteiger partial charge in [-0.15, -0.1) is 11.3 Å². The average Bonchev–Trinajstić information content (AvgIpc) is 2.41. The summed E-state index contributed by atoms with van der Waals surface area (Å²) in [6, 6.07) is 6.32. The standard InChI is InChI=1S/C8H3Br2IS/c9-5-1-2-6(10)8-4(5)3-7(11)12-8/h1-3H. The van der Waals surface area contributed by atoms with Crippen LogP contribution >= 0.6 is 65.8 Å². The zero-order valence-corrected chi connectivity index (χ0v) is 11.9. The Morgan fingerprint density at radius 3 is 2.50 bits per heavy atom. The van der Waals surface area contributed by atoms with Gasteiger partial charge in [0.2, 0.25) is 0 Å². The summed E-state index contributed by atoms with van der Waals surface area (Å²) in [6.07, 6.45) is 0. The van der Waals surface area contributed by atoms with Gasteiger partial charge in [0.1, 0.15) is 0 Å². The molecule has 0 radical (unpaired) electrons. The van der Waals surface area contributed by atoms with Crippen molar-refractivity contribution in [2.75, 3.05) is 0 Å². The minimum atomic E-state index is 1.17. The SMILES string of the molecule is Brc1ccc(Br)c2sc(I)cc12. The van der Waals surface area contributed by atoms with Crippen molar-refractivity contribution in [2.24, 2.45) is 0 Å². The molecule has 2 aromatic rings. The Hall–Kier alpha value is 0.870. The zero-order chi connectivity index (χ0) is 8.72. The highest BCUT2D eigenvalue weighted by molar-refractivity contribution is 14.1. The molecule has 0 bridgehead atoms. The molecule has 0 aliphatic rings. The van der Waals surface area contributed by atoms with Gasteiger partial charge in [-0.1, -0.05) is 15.9 Å². The Morgan fingerprint density at radius 2 is 1.83 bits per heavy atom. The molecule has 0 N–H and O–H groups in total. The van der Waals surface area contributed by atoms with Crippen LogP contribution in [0.5, 0.6) is 0 Å². The molecule has 0 spiro atoms. The summed E-state index contributed by atoms with van der Waals surface area (Å²) < 4.78 is 4.97. The van der Waals surface area contributed by atoms with E-state index in [0.29, 0.717) is 0 Å². The molecule has 0 amide bonds. The molecule has 0 aliphatic carbocycles. The second-order valence-corrected chi connectivity index (χ2v) is 6.98. The van der Waals surface area contributed by atoms with Crippen molar-refractivity contribution in [1.29, 1.82) is 0 Å². The Balaban J connectivity index is 2.93. The molecular formula is C8H3Br2IS. The topological polar surface area (TPSA) is 0 Å². The molecule has 1 aromatic heterocycles. The van der Waals surface area contributed by atoms with E-state index in [2.05, 4.69) is 72.6 Å². The highest BCUT2D eigenvalue weighted by Crippen LogP contribution is 2.36. The summed E-state index contributed by atoms with van der Waals surface area (Å²) in [6.45, 7) is 0. The summed E-state index contributed by atoms with van der Waals surface area (Å²) in [5.41, 5.74) is 0. The van der Waals surface area contributed by atoms with E-state index in [1.165, 1.54) is 21.9 Å². The molecule has 2 rings (SSSR count). The molecule has 0 saturated heterocycles. The van der Waals surface area contributed by atoms with Crippen molar-refractivity contribution < 1.29 is 0 Å². The van der Waals surface area contributed by atoms with Gasteiger partial charge in [-0.2, -0.15) is 0 Å². The summed E-state index contributed by atoms with van der Waals surface area (Å²) in [7, 11) is 0. The van der Waals surface area contributed by atoms with E-state index in [1.807, 2.05) is 0 Å². The van der Waals surface area contributed by atoms with Crippen LogP contribution in [-0.2, 0) is 0 Å². The van der Waals surface area contributed by atoms with Gasteiger partial charge in [-0.3, -0.25) is 0 Å². The Bertz CT molecular complexity index is 397. The molecule has 0 saturated carbocycles. The average molecular weight is 418 g/mol. The van der Waals surface area contributed by atoms with Crippen molar-refractivity contribution in [2.45, 2.75) is 0 Å². The summed E-state index contributed by atoms with van der Waals surface area (Å²) >= 11 is 11.2. The first-order valence-corrected chi connectivity index (χ1v) is 6.69. The van der Waals surface area contributed by atoms with E-state index in [9.17, 15) is 0 Å². The Kier molecular flexibility index (Phi) is 2.79. The highest BCUT2D eigenvalue weighted by atomic mass is 127. The van der Waals surface area contributed by atoms with Gasteiger partial charge >= 0.3 is 0 Å². The van der Waals surface area contributed by atoms with Gasteiger partial charge in [-0.25, -0.2) is 0 Å².